The molecule has 0 saturated carbocycles. The molecular weight excluding hydrogens is 358 g/mol. The van der Waals surface area contributed by atoms with Gasteiger partial charge in [-0.2, -0.15) is 0 Å². The van der Waals surface area contributed by atoms with Crippen molar-refractivity contribution in [2.75, 3.05) is 13.1 Å². The van der Waals surface area contributed by atoms with Crippen molar-refractivity contribution in [2.24, 2.45) is 0 Å². The number of nitrogens with zero attached hydrogens (tertiary/aromatic N) is 3. The van der Waals surface area contributed by atoms with Crippen LogP contribution in [0.25, 0.3) is 0 Å². The Morgan fingerprint density at radius 2 is 2.22 bits per heavy atom. The number of carbonyl (C=O) groups is 1. The zero-order valence-electron chi connectivity index (χ0n) is 13.0. The number of amides is 1. The Labute approximate surface area is 143 Å². The van der Waals surface area contributed by atoms with E-state index in [0.717, 1.165) is 36.0 Å². The van der Waals surface area contributed by atoms with Crippen LogP contribution in [0.3, 0.4) is 0 Å². The van der Waals surface area contributed by atoms with Gasteiger partial charge in [0.2, 0.25) is 0 Å². The highest BCUT2D eigenvalue weighted by atomic mass is 79.9. The SMILES string of the molecule is CC(NC(=O)c1cn(C2CCNCC2)nn1)c1cccc(Br)c1. The summed E-state index contributed by atoms with van der Waals surface area (Å²) >= 11 is 3.45. The van der Waals surface area contributed by atoms with Crippen LogP contribution < -0.4 is 10.6 Å². The van der Waals surface area contributed by atoms with Gasteiger partial charge in [-0.1, -0.05) is 33.3 Å². The number of aromatic nitrogens is 3. The molecule has 1 atom stereocenters. The molecule has 122 valence electrons. The van der Waals surface area contributed by atoms with E-state index in [1.807, 2.05) is 35.9 Å². The smallest absolute Gasteiger partial charge is 0.273 e. The van der Waals surface area contributed by atoms with Crippen molar-refractivity contribution >= 4 is 21.8 Å². The Balaban J connectivity index is 1.65. The van der Waals surface area contributed by atoms with Crippen LogP contribution in [0, 0.1) is 0 Å². The molecule has 7 heteroatoms. The van der Waals surface area contributed by atoms with Crippen molar-refractivity contribution < 1.29 is 4.79 Å². The van der Waals surface area contributed by atoms with Crippen LogP contribution in [0.1, 0.15) is 47.9 Å². The number of hydrogen-bond acceptors (Lipinski definition) is 4. The van der Waals surface area contributed by atoms with Crippen molar-refractivity contribution in [2.45, 2.75) is 31.8 Å². The maximum absolute atomic E-state index is 12.4. The van der Waals surface area contributed by atoms with Gasteiger partial charge >= 0.3 is 0 Å². The third kappa shape index (κ3) is 3.97. The first-order valence-electron chi connectivity index (χ1n) is 7.82. The van der Waals surface area contributed by atoms with E-state index < -0.39 is 0 Å². The molecule has 0 radical (unpaired) electrons. The number of carbonyl (C=O) groups excluding carboxylic acids is 1. The lowest BCUT2D eigenvalue weighted by molar-refractivity contribution is 0.0934. The Morgan fingerprint density at radius 1 is 1.43 bits per heavy atom. The maximum Gasteiger partial charge on any atom is 0.273 e. The van der Waals surface area contributed by atoms with Gasteiger partial charge < -0.3 is 10.6 Å². The third-order valence-corrected chi connectivity index (χ3v) is 4.62. The van der Waals surface area contributed by atoms with Crippen LogP contribution in [0.4, 0.5) is 0 Å². The summed E-state index contributed by atoms with van der Waals surface area (Å²) in [5.74, 6) is -0.197. The van der Waals surface area contributed by atoms with Crippen molar-refractivity contribution in [3.63, 3.8) is 0 Å². The van der Waals surface area contributed by atoms with Gasteiger partial charge in [0, 0.05) is 4.47 Å². The van der Waals surface area contributed by atoms with Crippen molar-refractivity contribution in [1.29, 1.82) is 0 Å². The minimum Gasteiger partial charge on any atom is -0.344 e. The molecule has 1 aliphatic heterocycles. The van der Waals surface area contributed by atoms with E-state index in [1.165, 1.54) is 0 Å². The number of nitrogens with one attached hydrogen (secondary N) is 2. The van der Waals surface area contributed by atoms with Crippen LogP contribution in [0.5, 0.6) is 0 Å². The average Bonchev–Trinajstić information content (AvgIpc) is 3.06. The van der Waals surface area contributed by atoms with E-state index in [0.29, 0.717) is 11.7 Å². The number of rotatable bonds is 4. The highest BCUT2D eigenvalue weighted by Crippen LogP contribution is 2.19. The average molecular weight is 378 g/mol. The second-order valence-electron chi connectivity index (χ2n) is 5.82. The quantitative estimate of drug-likeness (QED) is 0.858. The molecule has 0 spiro atoms. The molecular formula is C16H20BrN5O. The number of benzene rings is 1. The first-order valence-corrected chi connectivity index (χ1v) is 8.61. The van der Waals surface area contributed by atoms with E-state index in [4.69, 9.17) is 0 Å². The number of halogens is 1. The van der Waals surface area contributed by atoms with Gasteiger partial charge in [-0.25, -0.2) is 4.68 Å². The standard InChI is InChI=1S/C16H20BrN5O/c1-11(12-3-2-4-13(17)9-12)19-16(23)15-10-22(21-20-15)14-5-7-18-8-6-14/h2-4,9-11,14,18H,5-8H2,1H3,(H,19,23). The molecule has 0 aliphatic carbocycles. The fraction of sp³-hybridized carbons (Fsp3) is 0.438. The molecule has 1 fully saturated rings. The monoisotopic (exact) mass is 377 g/mol. The summed E-state index contributed by atoms with van der Waals surface area (Å²) in [4.78, 5) is 12.4. The summed E-state index contributed by atoms with van der Waals surface area (Å²) in [5, 5.41) is 14.4. The van der Waals surface area contributed by atoms with Gasteiger partial charge in [0.25, 0.3) is 5.91 Å². The topological polar surface area (TPSA) is 71.8 Å². The zero-order valence-corrected chi connectivity index (χ0v) is 14.6. The molecule has 1 saturated heterocycles. The fourth-order valence-electron chi connectivity index (χ4n) is 2.76. The predicted octanol–water partition coefficient (Wildman–Crippen LogP) is 2.46. The van der Waals surface area contributed by atoms with E-state index in [1.54, 1.807) is 6.20 Å². The molecule has 2 aromatic rings. The summed E-state index contributed by atoms with van der Waals surface area (Å²) < 4.78 is 2.81. The van der Waals surface area contributed by atoms with Gasteiger partial charge in [0.05, 0.1) is 18.3 Å². The second kappa shape index (κ2) is 7.23. The summed E-state index contributed by atoms with van der Waals surface area (Å²) in [7, 11) is 0. The predicted molar refractivity (Wildman–Crippen MR) is 91.2 cm³/mol. The van der Waals surface area contributed by atoms with Crippen LogP contribution in [0.15, 0.2) is 34.9 Å². The van der Waals surface area contributed by atoms with Crippen molar-refractivity contribution in [1.82, 2.24) is 25.6 Å². The zero-order chi connectivity index (χ0) is 16.2. The molecule has 2 N–H and O–H groups in total. The van der Waals surface area contributed by atoms with E-state index in [2.05, 4.69) is 36.9 Å². The van der Waals surface area contributed by atoms with Gasteiger partial charge in [0.15, 0.2) is 5.69 Å². The van der Waals surface area contributed by atoms with Gasteiger partial charge in [-0.05, 0) is 50.6 Å². The molecule has 23 heavy (non-hydrogen) atoms. The Kier molecular flexibility index (Phi) is 5.07. The normalized spacial score (nSPS) is 17.0. The molecule has 1 unspecified atom stereocenters. The van der Waals surface area contributed by atoms with Gasteiger partial charge in [-0.15, -0.1) is 5.10 Å². The molecule has 0 bridgehead atoms. The molecule has 1 amide bonds. The van der Waals surface area contributed by atoms with E-state index in [-0.39, 0.29) is 11.9 Å². The first kappa shape index (κ1) is 16.1. The minimum atomic E-state index is -0.197. The Bertz CT molecular complexity index is 681. The lowest BCUT2D eigenvalue weighted by atomic mass is 10.1. The molecule has 1 aromatic carbocycles. The first-order chi connectivity index (χ1) is 11.1. The van der Waals surface area contributed by atoms with Gasteiger partial charge in [-0.3, -0.25) is 4.79 Å². The Hall–Kier alpha value is -1.73. The van der Waals surface area contributed by atoms with Gasteiger partial charge in [0.1, 0.15) is 0 Å². The van der Waals surface area contributed by atoms with E-state index in [9.17, 15) is 4.79 Å². The molecule has 2 heterocycles. The van der Waals surface area contributed by atoms with Crippen molar-refractivity contribution in [3.8, 4) is 0 Å². The second-order valence-corrected chi connectivity index (χ2v) is 6.73. The third-order valence-electron chi connectivity index (χ3n) is 4.12. The molecule has 1 aromatic heterocycles. The fourth-order valence-corrected chi connectivity index (χ4v) is 3.18. The number of piperidine rings is 1. The Morgan fingerprint density at radius 3 is 2.96 bits per heavy atom. The molecule has 1 aliphatic rings. The lowest BCUT2D eigenvalue weighted by Gasteiger charge is -2.22. The summed E-state index contributed by atoms with van der Waals surface area (Å²) in [6.45, 7) is 3.91. The summed E-state index contributed by atoms with van der Waals surface area (Å²) in [5.41, 5.74) is 1.41. The van der Waals surface area contributed by atoms with Crippen LogP contribution >= 0.6 is 15.9 Å². The summed E-state index contributed by atoms with van der Waals surface area (Å²) in [6.07, 6.45) is 3.77. The van der Waals surface area contributed by atoms with Crippen LogP contribution in [-0.4, -0.2) is 34.0 Å². The highest BCUT2D eigenvalue weighted by molar-refractivity contribution is 9.10. The largest absolute Gasteiger partial charge is 0.344 e. The number of hydrogen-bond donors (Lipinski definition) is 2. The highest BCUT2D eigenvalue weighted by Gasteiger charge is 2.19. The maximum atomic E-state index is 12.4. The molecule has 6 nitrogen and oxygen atoms in total. The lowest BCUT2D eigenvalue weighted by Crippen LogP contribution is -2.29. The minimum absolute atomic E-state index is 0.0935. The van der Waals surface area contributed by atoms with Crippen LogP contribution in [0.2, 0.25) is 0 Å². The summed E-state index contributed by atoms with van der Waals surface area (Å²) in [6, 6.07) is 8.13. The molecule has 3 rings (SSSR count). The van der Waals surface area contributed by atoms with Crippen molar-refractivity contribution in [3.05, 3.63) is 46.2 Å². The van der Waals surface area contributed by atoms with Crippen LogP contribution in [-0.2, 0) is 0 Å². The van der Waals surface area contributed by atoms with E-state index >= 15 is 0 Å².